The Labute approximate surface area is 129 Å². The number of hydrogen-bond acceptors (Lipinski definition) is 3. The minimum Gasteiger partial charge on any atom is -0.384 e. The van der Waals surface area contributed by atoms with E-state index in [4.69, 9.17) is 4.74 Å². The third kappa shape index (κ3) is 4.42. The van der Waals surface area contributed by atoms with Crippen LogP contribution in [0.2, 0.25) is 0 Å². The summed E-state index contributed by atoms with van der Waals surface area (Å²) in [5.41, 5.74) is -1.03. The van der Waals surface area contributed by atoms with Gasteiger partial charge in [-0.2, -0.15) is 0 Å². The van der Waals surface area contributed by atoms with Gasteiger partial charge in [0.25, 0.3) is 0 Å². The van der Waals surface area contributed by atoms with Crippen molar-refractivity contribution < 1.29 is 19.0 Å². The molecule has 1 aliphatic rings. The molecule has 1 fully saturated rings. The second-order valence-electron chi connectivity index (χ2n) is 6.22. The number of urea groups is 1. The highest BCUT2D eigenvalue weighted by Gasteiger charge is 2.30. The van der Waals surface area contributed by atoms with Crippen molar-refractivity contribution in [2.45, 2.75) is 37.9 Å². The summed E-state index contributed by atoms with van der Waals surface area (Å²) in [6.07, 6.45) is 1.92. The van der Waals surface area contributed by atoms with Crippen molar-refractivity contribution in [3.05, 3.63) is 35.6 Å². The molecule has 0 spiro atoms. The molecule has 122 valence electrons. The van der Waals surface area contributed by atoms with E-state index in [0.29, 0.717) is 12.1 Å². The number of carbonyl (C=O) groups is 1. The monoisotopic (exact) mass is 310 g/mol. The third-order valence-electron chi connectivity index (χ3n) is 3.98. The molecule has 2 unspecified atom stereocenters. The highest BCUT2D eigenvalue weighted by molar-refractivity contribution is 5.74. The van der Waals surface area contributed by atoms with E-state index < -0.39 is 5.60 Å². The van der Waals surface area contributed by atoms with E-state index in [1.165, 1.54) is 24.3 Å². The normalized spacial score (nSPS) is 23.8. The molecule has 1 aromatic carbocycles. The van der Waals surface area contributed by atoms with Crippen molar-refractivity contribution in [1.29, 1.82) is 0 Å². The van der Waals surface area contributed by atoms with Crippen LogP contribution in [-0.4, -0.2) is 36.4 Å². The first-order valence-electron chi connectivity index (χ1n) is 7.45. The predicted molar refractivity (Wildman–Crippen MR) is 81.0 cm³/mol. The molecule has 22 heavy (non-hydrogen) atoms. The van der Waals surface area contributed by atoms with Gasteiger partial charge >= 0.3 is 6.03 Å². The largest absolute Gasteiger partial charge is 0.384 e. The summed E-state index contributed by atoms with van der Waals surface area (Å²) in [6.45, 7) is 4.72. The molecule has 1 heterocycles. The summed E-state index contributed by atoms with van der Waals surface area (Å²) < 4.78 is 18.5. The Morgan fingerprint density at radius 2 is 2.09 bits per heavy atom. The molecule has 0 aliphatic carbocycles. The molecular weight excluding hydrogens is 287 g/mol. The van der Waals surface area contributed by atoms with Crippen molar-refractivity contribution in [2.75, 3.05) is 19.7 Å². The van der Waals surface area contributed by atoms with Gasteiger partial charge in [0.15, 0.2) is 0 Å². The Bertz CT molecular complexity index is 511. The molecule has 0 aromatic heterocycles. The lowest BCUT2D eigenvalue weighted by Crippen LogP contribution is -2.47. The fourth-order valence-corrected chi connectivity index (χ4v) is 2.47. The minimum absolute atomic E-state index is 0.0298. The van der Waals surface area contributed by atoms with Gasteiger partial charge in [0.05, 0.1) is 12.1 Å². The van der Waals surface area contributed by atoms with Crippen molar-refractivity contribution in [1.82, 2.24) is 10.6 Å². The van der Waals surface area contributed by atoms with Gasteiger partial charge in [0, 0.05) is 13.2 Å². The van der Waals surface area contributed by atoms with Gasteiger partial charge in [-0.05, 0) is 44.4 Å². The molecule has 2 atom stereocenters. The Balaban J connectivity index is 1.80. The van der Waals surface area contributed by atoms with Crippen LogP contribution in [0.25, 0.3) is 0 Å². The van der Waals surface area contributed by atoms with Crippen molar-refractivity contribution in [2.24, 2.45) is 0 Å². The van der Waals surface area contributed by atoms with Gasteiger partial charge in [-0.25, -0.2) is 9.18 Å². The van der Waals surface area contributed by atoms with Crippen LogP contribution in [0.4, 0.5) is 9.18 Å². The third-order valence-corrected chi connectivity index (χ3v) is 3.98. The smallest absolute Gasteiger partial charge is 0.315 e. The molecule has 2 rings (SSSR count). The van der Waals surface area contributed by atoms with Gasteiger partial charge in [-0.1, -0.05) is 12.1 Å². The first-order valence-corrected chi connectivity index (χ1v) is 7.45. The Morgan fingerprint density at radius 1 is 1.41 bits per heavy atom. The van der Waals surface area contributed by atoms with Crippen molar-refractivity contribution in [3.63, 3.8) is 0 Å². The highest BCUT2D eigenvalue weighted by atomic mass is 19.1. The maximum atomic E-state index is 12.9. The van der Waals surface area contributed by atoms with Crippen LogP contribution in [0.1, 0.15) is 32.3 Å². The van der Waals surface area contributed by atoms with E-state index in [0.717, 1.165) is 19.4 Å². The van der Waals surface area contributed by atoms with Crippen LogP contribution in [0.3, 0.4) is 0 Å². The second-order valence-corrected chi connectivity index (χ2v) is 6.22. The zero-order chi connectivity index (χ0) is 16.2. The minimum atomic E-state index is -1.27. The maximum absolute atomic E-state index is 12.9. The van der Waals surface area contributed by atoms with Gasteiger partial charge in [0.2, 0.25) is 0 Å². The average Bonchev–Trinajstić information content (AvgIpc) is 2.91. The van der Waals surface area contributed by atoms with Crippen molar-refractivity contribution in [3.8, 4) is 0 Å². The van der Waals surface area contributed by atoms with E-state index in [2.05, 4.69) is 10.6 Å². The molecular formula is C16H23FN2O3. The number of hydrogen-bond donors (Lipinski definition) is 3. The van der Waals surface area contributed by atoms with E-state index in [9.17, 15) is 14.3 Å². The molecule has 0 saturated carbocycles. The predicted octanol–water partition coefficient (Wildman–Crippen LogP) is 1.90. The molecule has 5 nitrogen and oxygen atoms in total. The molecule has 2 amide bonds. The zero-order valence-corrected chi connectivity index (χ0v) is 13.0. The number of nitrogens with one attached hydrogen (secondary N) is 2. The van der Waals surface area contributed by atoms with E-state index in [-0.39, 0.29) is 24.0 Å². The highest BCUT2D eigenvalue weighted by Crippen LogP contribution is 2.24. The molecule has 1 aromatic rings. The van der Waals surface area contributed by atoms with Gasteiger partial charge in [0.1, 0.15) is 11.4 Å². The number of ether oxygens (including phenoxy) is 1. The summed E-state index contributed by atoms with van der Waals surface area (Å²) in [4.78, 5) is 11.8. The number of benzene rings is 1. The molecule has 6 heteroatoms. The zero-order valence-electron chi connectivity index (χ0n) is 13.0. The Hall–Kier alpha value is -1.66. The number of amides is 2. The lowest BCUT2D eigenvalue weighted by molar-refractivity contribution is 0.0224. The Kier molecular flexibility index (Phi) is 5.03. The van der Waals surface area contributed by atoms with E-state index >= 15 is 0 Å². The molecule has 1 aliphatic heterocycles. The standard InChI is InChI=1S/C16H23FN2O3/c1-15(8-3-9-22-15)10-18-14(20)19-11-16(2,21)12-4-6-13(17)7-5-12/h4-7,21H,3,8-11H2,1-2H3,(H2,18,19,20). The van der Waals surface area contributed by atoms with Crippen LogP contribution < -0.4 is 10.6 Å². The number of carbonyl (C=O) groups excluding carboxylic acids is 1. The van der Waals surface area contributed by atoms with E-state index in [1.807, 2.05) is 6.92 Å². The lowest BCUT2D eigenvalue weighted by Gasteiger charge is -2.26. The average molecular weight is 310 g/mol. The number of aliphatic hydroxyl groups is 1. The first kappa shape index (κ1) is 16.7. The molecule has 0 radical (unpaired) electrons. The SMILES string of the molecule is CC1(CNC(=O)NCC(C)(O)c2ccc(F)cc2)CCCO1. The first-order chi connectivity index (χ1) is 10.3. The molecule has 3 N–H and O–H groups in total. The maximum Gasteiger partial charge on any atom is 0.315 e. The summed E-state index contributed by atoms with van der Waals surface area (Å²) in [5, 5.41) is 15.7. The number of halogens is 1. The van der Waals surface area contributed by atoms with Gasteiger partial charge in [-0.3, -0.25) is 0 Å². The summed E-state index contributed by atoms with van der Waals surface area (Å²) >= 11 is 0. The van der Waals surface area contributed by atoms with Crippen LogP contribution in [0, 0.1) is 5.82 Å². The van der Waals surface area contributed by atoms with Crippen molar-refractivity contribution >= 4 is 6.03 Å². The number of rotatable bonds is 5. The van der Waals surface area contributed by atoms with Crippen LogP contribution >= 0.6 is 0 Å². The summed E-state index contributed by atoms with van der Waals surface area (Å²) in [6, 6.07) is 5.20. The fourth-order valence-electron chi connectivity index (χ4n) is 2.47. The summed E-state index contributed by atoms with van der Waals surface area (Å²) in [7, 11) is 0. The van der Waals surface area contributed by atoms with Gasteiger partial charge < -0.3 is 20.5 Å². The topological polar surface area (TPSA) is 70.6 Å². The van der Waals surface area contributed by atoms with Crippen LogP contribution in [0.15, 0.2) is 24.3 Å². The lowest BCUT2D eigenvalue weighted by atomic mass is 9.96. The Morgan fingerprint density at radius 3 is 2.68 bits per heavy atom. The van der Waals surface area contributed by atoms with Gasteiger partial charge in [-0.15, -0.1) is 0 Å². The fraction of sp³-hybridized carbons (Fsp3) is 0.562. The molecule has 1 saturated heterocycles. The quantitative estimate of drug-likeness (QED) is 0.778. The molecule has 0 bridgehead atoms. The van der Waals surface area contributed by atoms with Crippen LogP contribution in [0.5, 0.6) is 0 Å². The van der Waals surface area contributed by atoms with E-state index in [1.54, 1.807) is 6.92 Å². The second kappa shape index (κ2) is 6.62. The summed E-state index contributed by atoms with van der Waals surface area (Å²) in [5.74, 6) is -0.366. The van der Waals surface area contributed by atoms with Crippen LogP contribution in [-0.2, 0) is 10.3 Å².